The number of hydrogen-bond donors (Lipinski definition) is 3. The number of carbonyl (C=O) groups excluding carboxylic acids is 1. The molecule has 0 bridgehead atoms. The zero-order valence-electron chi connectivity index (χ0n) is 25.7. The van der Waals surface area contributed by atoms with E-state index < -0.39 is 33.1 Å². The molecule has 0 saturated carbocycles. The SMILES string of the molecule is CC(C)OCCCNNC(=O)[C@@]1(CCS(=O)(=O)c2ccccc2)N=C(c2ccc(OCCCO)cc2)O[C@H]1c1ccc(Cl)cc1Cl. The molecule has 2 atom stereocenters. The number of rotatable bonds is 17. The van der Waals surface area contributed by atoms with Gasteiger partial charge in [0.2, 0.25) is 5.90 Å². The summed E-state index contributed by atoms with van der Waals surface area (Å²) in [6, 6.07) is 19.8. The number of halogens is 2. The van der Waals surface area contributed by atoms with Crippen LogP contribution in [-0.2, 0) is 24.1 Å². The lowest BCUT2D eigenvalue weighted by Gasteiger charge is -2.31. The number of aliphatic hydroxyl groups excluding tert-OH is 1. The molecule has 3 aromatic carbocycles. The Balaban J connectivity index is 1.71. The quantitative estimate of drug-likeness (QED) is 0.128. The number of hydrogen-bond acceptors (Lipinski definition) is 9. The number of nitrogens with zero attached hydrogens (tertiary/aromatic N) is 1. The van der Waals surface area contributed by atoms with Crippen molar-refractivity contribution in [2.24, 2.45) is 4.99 Å². The number of benzene rings is 3. The Morgan fingerprint density at radius 3 is 2.46 bits per heavy atom. The van der Waals surface area contributed by atoms with Gasteiger partial charge < -0.3 is 19.3 Å². The lowest BCUT2D eigenvalue weighted by atomic mass is 9.85. The predicted molar refractivity (Wildman–Crippen MR) is 178 cm³/mol. The van der Waals surface area contributed by atoms with E-state index in [2.05, 4.69) is 10.9 Å². The van der Waals surface area contributed by atoms with Crippen molar-refractivity contribution in [3.8, 4) is 5.75 Å². The minimum atomic E-state index is -3.81. The molecule has 1 amide bonds. The molecular formula is C33H39Cl2N3O7S. The molecule has 4 rings (SSSR count). The molecule has 1 aliphatic rings. The molecule has 13 heteroatoms. The molecule has 0 fully saturated rings. The Hall–Kier alpha value is -3.19. The second kappa shape index (κ2) is 16.6. The first-order valence-electron chi connectivity index (χ1n) is 15.0. The number of sulfone groups is 1. The van der Waals surface area contributed by atoms with Crippen molar-refractivity contribution in [3.63, 3.8) is 0 Å². The van der Waals surface area contributed by atoms with Crippen LogP contribution in [0.15, 0.2) is 82.7 Å². The fourth-order valence-corrected chi connectivity index (χ4v) is 6.72. The number of aliphatic imine (C=N–C) groups is 1. The zero-order chi connectivity index (χ0) is 33.2. The highest BCUT2D eigenvalue weighted by Gasteiger charge is 2.54. The average molecular weight is 693 g/mol. The predicted octanol–water partition coefficient (Wildman–Crippen LogP) is 5.31. The third-order valence-corrected chi connectivity index (χ3v) is 9.52. The summed E-state index contributed by atoms with van der Waals surface area (Å²) in [6.07, 6.45) is -0.117. The lowest BCUT2D eigenvalue weighted by Crippen LogP contribution is -2.53. The maximum absolute atomic E-state index is 14.2. The summed E-state index contributed by atoms with van der Waals surface area (Å²) in [5.74, 6) is -0.269. The van der Waals surface area contributed by atoms with Crippen molar-refractivity contribution < 1.29 is 32.5 Å². The van der Waals surface area contributed by atoms with Crippen LogP contribution in [-0.4, -0.2) is 69.1 Å². The monoisotopic (exact) mass is 691 g/mol. The number of nitrogens with one attached hydrogen (secondary N) is 2. The minimum absolute atomic E-state index is 0.0160. The van der Waals surface area contributed by atoms with Gasteiger partial charge in [-0.15, -0.1) is 0 Å². The van der Waals surface area contributed by atoms with Crippen LogP contribution in [0.1, 0.15) is 50.3 Å². The fraction of sp³-hybridized carbons (Fsp3) is 0.394. The van der Waals surface area contributed by atoms with Crippen molar-refractivity contribution in [2.45, 2.75) is 55.8 Å². The summed E-state index contributed by atoms with van der Waals surface area (Å²) in [5, 5.41) is 9.67. The second-order valence-corrected chi connectivity index (χ2v) is 13.9. The van der Waals surface area contributed by atoms with E-state index in [-0.39, 0.29) is 34.9 Å². The van der Waals surface area contributed by atoms with E-state index in [0.29, 0.717) is 54.5 Å². The third-order valence-electron chi connectivity index (χ3n) is 7.23. The van der Waals surface area contributed by atoms with E-state index in [1.54, 1.807) is 54.6 Å². The fourth-order valence-electron chi connectivity index (χ4n) is 4.83. The van der Waals surface area contributed by atoms with Gasteiger partial charge in [-0.3, -0.25) is 10.2 Å². The number of amides is 1. The highest BCUT2D eigenvalue weighted by Crippen LogP contribution is 2.45. The summed E-state index contributed by atoms with van der Waals surface area (Å²) in [4.78, 5) is 19.2. The van der Waals surface area contributed by atoms with Crippen LogP contribution in [0.25, 0.3) is 0 Å². The van der Waals surface area contributed by atoms with Crippen LogP contribution in [0.3, 0.4) is 0 Å². The number of carbonyl (C=O) groups is 1. The van der Waals surface area contributed by atoms with Crippen LogP contribution in [0.4, 0.5) is 0 Å². The highest BCUT2D eigenvalue weighted by atomic mass is 35.5. The first-order chi connectivity index (χ1) is 22.1. The Morgan fingerprint density at radius 2 is 1.78 bits per heavy atom. The second-order valence-electron chi connectivity index (χ2n) is 11.0. The van der Waals surface area contributed by atoms with Crippen molar-refractivity contribution >= 4 is 44.8 Å². The van der Waals surface area contributed by atoms with Crippen molar-refractivity contribution in [2.75, 3.05) is 32.1 Å². The normalized spacial score (nSPS) is 17.9. The van der Waals surface area contributed by atoms with E-state index >= 15 is 0 Å². The summed E-state index contributed by atoms with van der Waals surface area (Å²) in [7, 11) is -3.81. The van der Waals surface area contributed by atoms with Gasteiger partial charge in [0.15, 0.2) is 21.5 Å². The maximum Gasteiger partial charge on any atom is 0.266 e. The minimum Gasteiger partial charge on any atom is -0.494 e. The molecule has 0 radical (unpaired) electrons. The Labute approximate surface area is 280 Å². The van der Waals surface area contributed by atoms with Gasteiger partial charge in [-0.05, 0) is 68.8 Å². The Kier molecular flexibility index (Phi) is 12.9. The van der Waals surface area contributed by atoms with Gasteiger partial charge in [-0.1, -0.05) is 47.5 Å². The highest BCUT2D eigenvalue weighted by molar-refractivity contribution is 7.91. The van der Waals surface area contributed by atoms with E-state index in [9.17, 15) is 13.2 Å². The van der Waals surface area contributed by atoms with E-state index in [1.165, 1.54) is 18.2 Å². The number of hydrazine groups is 1. The molecule has 0 aromatic heterocycles. The van der Waals surface area contributed by atoms with Gasteiger partial charge >= 0.3 is 0 Å². The molecule has 46 heavy (non-hydrogen) atoms. The summed E-state index contributed by atoms with van der Waals surface area (Å²) < 4.78 is 44.6. The van der Waals surface area contributed by atoms with Gasteiger partial charge in [0, 0.05) is 53.8 Å². The summed E-state index contributed by atoms with van der Waals surface area (Å²) in [6.45, 7) is 5.14. The van der Waals surface area contributed by atoms with Gasteiger partial charge in [0.1, 0.15) is 5.75 Å². The first-order valence-corrected chi connectivity index (χ1v) is 17.4. The van der Waals surface area contributed by atoms with Crippen LogP contribution in [0.5, 0.6) is 5.75 Å². The third kappa shape index (κ3) is 9.21. The first kappa shape index (κ1) is 35.7. The smallest absolute Gasteiger partial charge is 0.266 e. The standard InChI is InChI=1S/C33H39Cl2N3O7S/c1-23(2)43-19-6-17-36-38-32(40)33(16-21-46(41,42)27-8-4-3-5-9-27)30(28-15-12-25(34)22-29(28)35)45-31(37-33)24-10-13-26(14-11-24)44-20-7-18-39/h3-5,8-15,22-23,30,36,39H,6-7,16-21H2,1-2H3,(H,38,40)/t30-,33-/m0/s1. The molecule has 248 valence electrons. The Bertz CT molecular complexity index is 1590. The van der Waals surface area contributed by atoms with Crippen LogP contribution >= 0.6 is 23.2 Å². The van der Waals surface area contributed by atoms with Crippen molar-refractivity contribution in [1.82, 2.24) is 10.9 Å². The summed E-state index contributed by atoms with van der Waals surface area (Å²) >= 11 is 12.9. The van der Waals surface area contributed by atoms with Gasteiger partial charge in [0.25, 0.3) is 5.91 Å². The molecule has 0 unspecified atom stereocenters. The zero-order valence-corrected chi connectivity index (χ0v) is 28.1. The molecule has 3 aromatic rings. The number of aliphatic hydroxyl groups is 1. The van der Waals surface area contributed by atoms with Crippen LogP contribution in [0, 0.1) is 0 Å². The largest absolute Gasteiger partial charge is 0.494 e. The maximum atomic E-state index is 14.2. The van der Waals surface area contributed by atoms with Gasteiger partial charge in [-0.2, -0.15) is 0 Å². The van der Waals surface area contributed by atoms with Crippen molar-refractivity contribution in [1.29, 1.82) is 0 Å². The molecule has 0 saturated heterocycles. The molecule has 10 nitrogen and oxygen atoms in total. The van der Waals surface area contributed by atoms with E-state index in [4.69, 9.17) is 47.5 Å². The van der Waals surface area contributed by atoms with Crippen molar-refractivity contribution in [3.05, 3.63) is 94.0 Å². The Morgan fingerprint density at radius 1 is 1.04 bits per heavy atom. The number of ether oxygens (including phenoxy) is 3. The summed E-state index contributed by atoms with van der Waals surface area (Å²) in [5.41, 5.74) is 4.89. The topological polar surface area (TPSA) is 136 Å². The average Bonchev–Trinajstić information content (AvgIpc) is 3.43. The molecule has 0 aliphatic carbocycles. The van der Waals surface area contributed by atoms with E-state index in [0.717, 1.165) is 0 Å². The lowest BCUT2D eigenvalue weighted by molar-refractivity contribution is -0.130. The molecule has 3 N–H and O–H groups in total. The van der Waals surface area contributed by atoms with Crippen LogP contribution in [0.2, 0.25) is 10.0 Å². The van der Waals surface area contributed by atoms with Gasteiger partial charge in [0.05, 0.1) is 23.4 Å². The molecular weight excluding hydrogens is 653 g/mol. The van der Waals surface area contributed by atoms with Gasteiger partial charge in [-0.25, -0.2) is 18.8 Å². The van der Waals surface area contributed by atoms with Crippen LogP contribution < -0.4 is 15.6 Å². The molecule has 1 heterocycles. The molecule has 1 aliphatic heterocycles. The van der Waals surface area contributed by atoms with E-state index in [1.807, 2.05) is 13.8 Å². The molecule has 0 spiro atoms.